The van der Waals surface area contributed by atoms with Gasteiger partial charge in [0, 0.05) is 11.9 Å². The topological polar surface area (TPSA) is 87.5 Å². The minimum atomic E-state index is -0.193. The van der Waals surface area contributed by atoms with Crippen LogP contribution in [0.5, 0.6) is 11.6 Å². The number of hydrogen-bond donors (Lipinski definition) is 1. The van der Waals surface area contributed by atoms with Crippen molar-refractivity contribution in [3.63, 3.8) is 0 Å². The average molecular weight is 324 g/mol. The highest BCUT2D eigenvalue weighted by atomic mass is 16.5. The predicted molar refractivity (Wildman–Crippen MR) is 87.0 cm³/mol. The molecule has 2 aromatic rings. The predicted octanol–water partition coefficient (Wildman–Crippen LogP) is 2.26. The Kier molecular flexibility index (Phi) is 4.47. The third kappa shape index (κ3) is 3.38. The summed E-state index contributed by atoms with van der Waals surface area (Å²) in [4.78, 5) is 17.8. The van der Waals surface area contributed by atoms with Crippen molar-refractivity contribution in [2.75, 3.05) is 25.5 Å². The molecule has 1 aromatic carbocycles. The summed E-state index contributed by atoms with van der Waals surface area (Å²) in [6, 6.07) is 12.3. The molecule has 1 aliphatic rings. The molecule has 1 aliphatic heterocycles. The molecule has 0 aliphatic carbocycles. The largest absolute Gasteiger partial charge is 0.497 e. The van der Waals surface area contributed by atoms with Crippen molar-refractivity contribution in [2.24, 2.45) is 0 Å². The second-order valence-corrected chi connectivity index (χ2v) is 5.27. The van der Waals surface area contributed by atoms with Crippen LogP contribution in [0.2, 0.25) is 0 Å². The van der Waals surface area contributed by atoms with Crippen LogP contribution in [0, 0.1) is 11.3 Å². The van der Waals surface area contributed by atoms with E-state index in [2.05, 4.69) is 10.3 Å². The Balaban J connectivity index is 1.50. The molecule has 0 radical (unpaired) electrons. The molecule has 7 nitrogen and oxygen atoms in total. The van der Waals surface area contributed by atoms with Gasteiger partial charge in [0.2, 0.25) is 5.88 Å². The molecule has 122 valence electrons. The molecule has 0 spiro atoms. The quantitative estimate of drug-likeness (QED) is 0.932. The lowest BCUT2D eigenvalue weighted by molar-refractivity contribution is 0.0459. The van der Waals surface area contributed by atoms with Crippen LogP contribution in [0.1, 0.15) is 5.56 Å². The van der Waals surface area contributed by atoms with Crippen molar-refractivity contribution in [2.45, 2.75) is 6.10 Å². The van der Waals surface area contributed by atoms with Gasteiger partial charge < -0.3 is 19.7 Å². The fourth-order valence-electron chi connectivity index (χ4n) is 2.28. The zero-order chi connectivity index (χ0) is 16.9. The van der Waals surface area contributed by atoms with Gasteiger partial charge in [0.05, 0.1) is 20.2 Å². The number of amides is 2. The molecule has 24 heavy (non-hydrogen) atoms. The van der Waals surface area contributed by atoms with Crippen molar-refractivity contribution in [1.29, 1.82) is 5.26 Å². The Morgan fingerprint density at radius 1 is 1.33 bits per heavy atom. The molecule has 1 saturated heterocycles. The Labute approximate surface area is 139 Å². The Bertz CT molecular complexity index is 764. The van der Waals surface area contributed by atoms with Crippen molar-refractivity contribution in [1.82, 2.24) is 9.88 Å². The molecule has 0 bridgehead atoms. The lowest BCUT2D eigenvalue weighted by Gasteiger charge is -2.38. The molecule has 1 aromatic heterocycles. The molecular formula is C17H16N4O3. The number of nitrogens with one attached hydrogen (secondary N) is 1. The maximum absolute atomic E-state index is 12.1. The van der Waals surface area contributed by atoms with E-state index in [4.69, 9.17) is 14.7 Å². The van der Waals surface area contributed by atoms with Crippen molar-refractivity contribution >= 4 is 11.7 Å². The minimum absolute atomic E-state index is 0.159. The molecule has 2 heterocycles. The standard InChI is InChI=1S/C17H16N4O3/c1-23-14-6-4-13(5-7-14)20-17(22)21-10-15(11-21)24-16-12(9-18)3-2-8-19-16/h2-8,15H,10-11H2,1H3,(H,20,22). The molecular weight excluding hydrogens is 308 g/mol. The van der Waals surface area contributed by atoms with E-state index in [-0.39, 0.29) is 12.1 Å². The van der Waals surface area contributed by atoms with Gasteiger partial charge >= 0.3 is 6.03 Å². The van der Waals surface area contributed by atoms with Gasteiger partial charge in [0.25, 0.3) is 0 Å². The van der Waals surface area contributed by atoms with E-state index in [0.29, 0.717) is 30.2 Å². The average Bonchev–Trinajstić information content (AvgIpc) is 2.58. The SMILES string of the molecule is COc1ccc(NC(=O)N2CC(Oc3ncccc3C#N)C2)cc1. The van der Waals surface area contributed by atoms with Gasteiger partial charge in [-0.15, -0.1) is 0 Å². The fourth-order valence-corrected chi connectivity index (χ4v) is 2.28. The number of rotatable bonds is 4. The number of urea groups is 1. The van der Waals surface area contributed by atoms with E-state index in [1.807, 2.05) is 6.07 Å². The molecule has 0 saturated carbocycles. The van der Waals surface area contributed by atoms with Crippen LogP contribution < -0.4 is 14.8 Å². The summed E-state index contributed by atoms with van der Waals surface area (Å²) in [6.45, 7) is 0.896. The number of nitrogens with zero attached hydrogens (tertiary/aromatic N) is 3. The number of benzene rings is 1. The first-order valence-electron chi connectivity index (χ1n) is 7.41. The zero-order valence-corrected chi connectivity index (χ0v) is 13.1. The van der Waals surface area contributed by atoms with Gasteiger partial charge in [-0.05, 0) is 36.4 Å². The lowest BCUT2D eigenvalue weighted by atomic mass is 10.2. The van der Waals surface area contributed by atoms with E-state index in [9.17, 15) is 4.79 Å². The highest BCUT2D eigenvalue weighted by Crippen LogP contribution is 2.21. The van der Waals surface area contributed by atoms with Crippen LogP contribution in [0.3, 0.4) is 0 Å². The highest BCUT2D eigenvalue weighted by molar-refractivity contribution is 5.90. The van der Waals surface area contributed by atoms with Crippen LogP contribution in [-0.2, 0) is 0 Å². The van der Waals surface area contributed by atoms with E-state index in [1.165, 1.54) is 0 Å². The maximum atomic E-state index is 12.1. The van der Waals surface area contributed by atoms with Gasteiger partial charge in [-0.25, -0.2) is 9.78 Å². The number of carbonyl (C=O) groups excluding carboxylic acids is 1. The molecule has 3 rings (SSSR count). The van der Waals surface area contributed by atoms with E-state index in [0.717, 1.165) is 5.75 Å². The summed E-state index contributed by atoms with van der Waals surface area (Å²) < 4.78 is 10.7. The Morgan fingerprint density at radius 2 is 2.08 bits per heavy atom. The summed E-state index contributed by atoms with van der Waals surface area (Å²) in [7, 11) is 1.59. The summed E-state index contributed by atoms with van der Waals surface area (Å²) in [5, 5.41) is 11.8. The molecule has 7 heteroatoms. The number of hydrogen-bond acceptors (Lipinski definition) is 5. The number of nitriles is 1. The summed E-state index contributed by atoms with van der Waals surface area (Å²) in [5.41, 5.74) is 1.08. The van der Waals surface area contributed by atoms with Gasteiger partial charge in [-0.2, -0.15) is 5.26 Å². The van der Waals surface area contributed by atoms with E-state index < -0.39 is 0 Å². The number of carbonyl (C=O) groups is 1. The number of likely N-dealkylation sites (tertiary alicyclic amines) is 1. The normalized spacial score (nSPS) is 13.6. The van der Waals surface area contributed by atoms with Gasteiger partial charge in [0.1, 0.15) is 23.5 Å². The van der Waals surface area contributed by atoms with Crippen LogP contribution in [0.15, 0.2) is 42.6 Å². The van der Waals surface area contributed by atoms with Crippen molar-refractivity contribution in [3.05, 3.63) is 48.2 Å². The third-order valence-corrected chi connectivity index (χ3v) is 3.65. The monoisotopic (exact) mass is 324 g/mol. The lowest BCUT2D eigenvalue weighted by Crippen LogP contribution is -2.57. The van der Waals surface area contributed by atoms with Gasteiger partial charge in [-0.3, -0.25) is 0 Å². The van der Waals surface area contributed by atoms with Crippen LogP contribution in [-0.4, -0.2) is 42.2 Å². The number of anilines is 1. The number of pyridine rings is 1. The zero-order valence-electron chi connectivity index (χ0n) is 13.1. The Hall–Kier alpha value is -3.27. The summed E-state index contributed by atoms with van der Waals surface area (Å²) in [5.74, 6) is 1.04. The maximum Gasteiger partial charge on any atom is 0.322 e. The minimum Gasteiger partial charge on any atom is -0.497 e. The summed E-state index contributed by atoms with van der Waals surface area (Å²) in [6.07, 6.45) is 1.41. The molecule has 1 fully saturated rings. The fraction of sp³-hybridized carbons (Fsp3) is 0.235. The first kappa shape index (κ1) is 15.6. The number of aromatic nitrogens is 1. The smallest absolute Gasteiger partial charge is 0.322 e. The van der Waals surface area contributed by atoms with Crippen molar-refractivity contribution < 1.29 is 14.3 Å². The van der Waals surface area contributed by atoms with Crippen molar-refractivity contribution in [3.8, 4) is 17.7 Å². The molecule has 0 unspecified atom stereocenters. The van der Waals surface area contributed by atoms with E-state index >= 15 is 0 Å². The molecule has 1 N–H and O–H groups in total. The third-order valence-electron chi connectivity index (χ3n) is 3.65. The van der Waals surface area contributed by atoms with Crippen LogP contribution in [0.25, 0.3) is 0 Å². The second kappa shape index (κ2) is 6.87. The van der Waals surface area contributed by atoms with Gasteiger partial charge in [-0.1, -0.05) is 0 Å². The number of methoxy groups -OCH3 is 1. The first-order valence-corrected chi connectivity index (χ1v) is 7.41. The van der Waals surface area contributed by atoms with Crippen LogP contribution in [0.4, 0.5) is 10.5 Å². The van der Waals surface area contributed by atoms with Gasteiger partial charge in [0.15, 0.2) is 0 Å². The summed E-state index contributed by atoms with van der Waals surface area (Å²) >= 11 is 0. The molecule has 0 atom stereocenters. The highest BCUT2D eigenvalue weighted by Gasteiger charge is 2.33. The van der Waals surface area contributed by atoms with E-state index in [1.54, 1.807) is 54.6 Å². The second-order valence-electron chi connectivity index (χ2n) is 5.27. The number of ether oxygens (including phenoxy) is 2. The van der Waals surface area contributed by atoms with Crippen LogP contribution >= 0.6 is 0 Å². The molecule has 2 amide bonds. The first-order chi connectivity index (χ1) is 11.7. The Morgan fingerprint density at radius 3 is 2.75 bits per heavy atom.